The SMILES string of the molecule is O=C(Nc1ccccn1)N[C@H]1CCCCC12OCCO2. The molecule has 2 heterocycles. The summed E-state index contributed by atoms with van der Waals surface area (Å²) in [5, 5.41) is 5.68. The standard InChI is InChI=1S/C14H19N3O3/c18-13(17-12-6-2-4-8-15-12)16-11-5-1-3-7-14(11)19-9-10-20-14/h2,4,6,8,11H,1,3,5,7,9-10H2,(H2,15,16,17,18)/t11-/m0/s1. The molecule has 1 saturated carbocycles. The average molecular weight is 277 g/mol. The smallest absolute Gasteiger partial charge is 0.320 e. The summed E-state index contributed by atoms with van der Waals surface area (Å²) in [6, 6.07) is 5.00. The van der Waals surface area contributed by atoms with Crippen LogP contribution in [0.15, 0.2) is 24.4 Å². The highest BCUT2D eigenvalue weighted by Crippen LogP contribution is 2.35. The Morgan fingerprint density at radius 3 is 2.90 bits per heavy atom. The molecule has 6 nitrogen and oxygen atoms in total. The Bertz CT molecular complexity index is 460. The zero-order valence-electron chi connectivity index (χ0n) is 11.3. The van der Waals surface area contributed by atoms with Crippen molar-refractivity contribution in [2.75, 3.05) is 18.5 Å². The van der Waals surface area contributed by atoms with E-state index in [4.69, 9.17) is 9.47 Å². The average Bonchev–Trinajstić information content (AvgIpc) is 2.92. The number of urea groups is 1. The predicted octanol–water partition coefficient (Wildman–Crippen LogP) is 1.89. The number of amides is 2. The molecule has 1 spiro atoms. The molecule has 1 aliphatic heterocycles. The lowest BCUT2D eigenvalue weighted by Gasteiger charge is -2.39. The van der Waals surface area contributed by atoms with Crippen LogP contribution in [-0.4, -0.2) is 36.1 Å². The molecule has 3 rings (SSSR count). The van der Waals surface area contributed by atoms with Crippen LogP contribution >= 0.6 is 0 Å². The molecule has 0 bridgehead atoms. The van der Waals surface area contributed by atoms with Crippen molar-refractivity contribution in [3.63, 3.8) is 0 Å². The third-order valence-electron chi connectivity index (χ3n) is 3.79. The summed E-state index contributed by atoms with van der Waals surface area (Å²) >= 11 is 0. The zero-order valence-corrected chi connectivity index (χ0v) is 11.3. The van der Waals surface area contributed by atoms with Gasteiger partial charge in [-0.2, -0.15) is 0 Å². The van der Waals surface area contributed by atoms with Gasteiger partial charge in [0.2, 0.25) is 0 Å². The fourth-order valence-electron chi connectivity index (χ4n) is 2.86. The highest BCUT2D eigenvalue weighted by Gasteiger charge is 2.46. The van der Waals surface area contributed by atoms with Crippen LogP contribution in [0.1, 0.15) is 25.7 Å². The molecule has 1 aliphatic carbocycles. The van der Waals surface area contributed by atoms with E-state index >= 15 is 0 Å². The van der Waals surface area contributed by atoms with E-state index in [0.717, 1.165) is 25.7 Å². The minimum Gasteiger partial charge on any atom is -0.346 e. The number of aromatic nitrogens is 1. The molecule has 0 aromatic carbocycles. The maximum absolute atomic E-state index is 12.0. The normalized spacial score (nSPS) is 24.5. The lowest BCUT2D eigenvalue weighted by molar-refractivity contribution is -0.192. The summed E-state index contributed by atoms with van der Waals surface area (Å²) in [4.78, 5) is 16.1. The summed E-state index contributed by atoms with van der Waals surface area (Å²) in [7, 11) is 0. The van der Waals surface area contributed by atoms with Crippen molar-refractivity contribution in [3.05, 3.63) is 24.4 Å². The molecule has 1 aromatic rings. The van der Waals surface area contributed by atoms with Gasteiger partial charge in [-0.3, -0.25) is 5.32 Å². The second-order valence-corrected chi connectivity index (χ2v) is 5.12. The fourth-order valence-corrected chi connectivity index (χ4v) is 2.86. The molecule has 6 heteroatoms. The highest BCUT2D eigenvalue weighted by molar-refractivity contribution is 5.88. The van der Waals surface area contributed by atoms with E-state index in [1.807, 2.05) is 6.07 Å². The molecule has 1 aromatic heterocycles. The Labute approximate surface area is 117 Å². The van der Waals surface area contributed by atoms with Crippen LogP contribution < -0.4 is 10.6 Å². The van der Waals surface area contributed by atoms with Gasteiger partial charge in [0.1, 0.15) is 5.82 Å². The number of carbonyl (C=O) groups excluding carboxylic acids is 1. The number of hydrogen-bond donors (Lipinski definition) is 2. The molecule has 1 saturated heterocycles. The van der Waals surface area contributed by atoms with Gasteiger partial charge in [0.25, 0.3) is 0 Å². The van der Waals surface area contributed by atoms with Crippen LogP contribution in [0.25, 0.3) is 0 Å². The molecule has 0 unspecified atom stereocenters. The van der Waals surface area contributed by atoms with E-state index in [1.54, 1.807) is 18.3 Å². The number of nitrogens with one attached hydrogen (secondary N) is 2. The minimum atomic E-state index is -0.625. The van der Waals surface area contributed by atoms with Crippen LogP contribution in [-0.2, 0) is 9.47 Å². The first kappa shape index (κ1) is 13.3. The van der Waals surface area contributed by atoms with Crippen molar-refractivity contribution in [1.82, 2.24) is 10.3 Å². The van der Waals surface area contributed by atoms with Crippen molar-refractivity contribution in [2.24, 2.45) is 0 Å². The van der Waals surface area contributed by atoms with E-state index in [2.05, 4.69) is 15.6 Å². The third-order valence-corrected chi connectivity index (χ3v) is 3.79. The topological polar surface area (TPSA) is 72.5 Å². The van der Waals surface area contributed by atoms with Crippen LogP contribution in [0.3, 0.4) is 0 Å². The molecule has 108 valence electrons. The third kappa shape index (κ3) is 2.76. The van der Waals surface area contributed by atoms with Gasteiger partial charge in [-0.15, -0.1) is 0 Å². The predicted molar refractivity (Wildman–Crippen MR) is 73.3 cm³/mol. The fraction of sp³-hybridized carbons (Fsp3) is 0.571. The van der Waals surface area contributed by atoms with E-state index in [1.165, 1.54) is 0 Å². The van der Waals surface area contributed by atoms with Gasteiger partial charge in [0, 0.05) is 12.6 Å². The van der Waals surface area contributed by atoms with Gasteiger partial charge >= 0.3 is 6.03 Å². The van der Waals surface area contributed by atoms with Crippen molar-refractivity contribution >= 4 is 11.8 Å². The summed E-state index contributed by atoms with van der Waals surface area (Å²) in [5.74, 6) is -0.0946. The van der Waals surface area contributed by atoms with Gasteiger partial charge in [-0.1, -0.05) is 12.5 Å². The Balaban J connectivity index is 1.62. The van der Waals surface area contributed by atoms with Gasteiger partial charge in [-0.05, 0) is 25.0 Å². The number of carbonyl (C=O) groups is 1. The van der Waals surface area contributed by atoms with Gasteiger partial charge < -0.3 is 14.8 Å². The molecular weight excluding hydrogens is 258 g/mol. The van der Waals surface area contributed by atoms with Crippen LogP contribution in [0.4, 0.5) is 10.6 Å². The first-order chi connectivity index (χ1) is 9.78. The minimum absolute atomic E-state index is 0.109. The largest absolute Gasteiger partial charge is 0.346 e. The van der Waals surface area contributed by atoms with E-state index in [0.29, 0.717) is 19.0 Å². The molecule has 0 radical (unpaired) electrons. The molecule has 2 N–H and O–H groups in total. The molecule has 2 amide bonds. The van der Waals surface area contributed by atoms with Crippen molar-refractivity contribution < 1.29 is 14.3 Å². The maximum atomic E-state index is 12.0. The van der Waals surface area contributed by atoms with E-state index in [9.17, 15) is 4.79 Å². The molecule has 2 fully saturated rings. The molecule has 20 heavy (non-hydrogen) atoms. The zero-order chi connectivity index (χ0) is 13.8. The van der Waals surface area contributed by atoms with Crippen LogP contribution in [0.2, 0.25) is 0 Å². The first-order valence-electron chi connectivity index (χ1n) is 7.05. The Morgan fingerprint density at radius 2 is 2.15 bits per heavy atom. The summed E-state index contributed by atoms with van der Waals surface area (Å²) in [5.41, 5.74) is 0. The number of anilines is 1. The van der Waals surface area contributed by atoms with Crippen LogP contribution in [0, 0.1) is 0 Å². The molecular formula is C14H19N3O3. The lowest BCUT2D eigenvalue weighted by Crippen LogP contribution is -2.56. The summed E-state index contributed by atoms with van der Waals surface area (Å²) in [6.07, 6.45) is 5.49. The molecule has 2 aliphatic rings. The van der Waals surface area contributed by atoms with E-state index < -0.39 is 5.79 Å². The first-order valence-corrected chi connectivity index (χ1v) is 7.05. The quantitative estimate of drug-likeness (QED) is 0.866. The highest BCUT2D eigenvalue weighted by atomic mass is 16.7. The number of rotatable bonds is 2. The van der Waals surface area contributed by atoms with Crippen LogP contribution in [0.5, 0.6) is 0 Å². The lowest BCUT2D eigenvalue weighted by atomic mass is 9.89. The number of pyridine rings is 1. The second-order valence-electron chi connectivity index (χ2n) is 5.12. The summed E-state index contributed by atoms with van der Waals surface area (Å²) < 4.78 is 11.5. The number of nitrogens with zero attached hydrogens (tertiary/aromatic N) is 1. The van der Waals surface area contributed by atoms with Gasteiger partial charge in [0.15, 0.2) is 5.79 Å². The number of ether oxygens (including phenoxy) is 2. The van der Waals surface area contributed by atoms with E-state index in [-0.39, 0.29) is 12.1 Å². The van der Waals surface area contributed by atoms with Crippen molar-refractivity contribution in [3.8, 4) is 0 Å². The number of hydrogen-bond acceptors (Lipinski definition) is 4. The van der Waals surface area contributed by atoms with Gasteiger partial charge in [0.05, 0.1) is 19.3 Å². The Kier molecular flexibility index (Phi) is 3.84. The second kappa shape index (κ2) is 5.76. The maximum Gasteiger partial charge on any atom is 0.320 e. The summed E-state index contributed by atoms with van der Waals surface area (Å²) in [6.45, 7) is 1.19. The monoisotopic (exact) mass is 277 g/mol. The Hall–Kier alpha value is -1.66. The van der Waals surface area contributed by atoms with Crippen molar-refractivity contribution in [2.45, 2.75) is 37.5 Å². The molecule has 1 atom stereocenters. The Morgan fingerprint density at radius 1 is 1.30 bits per heavy atom. The van der Waals surface area contributed by atoms with Gasteiger partial charge in [-0.25, -0.2) is 9.78 Å². The van der Waals surface area contributed by atoms with Crippen molar-refractivity contribution in [1.29, 1.82) is 0 Å².